The summed E-state index contributed by atoms with van der Waals surface area (Å²) in [7, 11) is -3.59. The van der Waals surface area contributed by atoms with Crippen LogP contribution in [0.1, 0.15) is 30.4 Å². The molecule has 0 aliphatic carbocycles. The van der Waals surface area contributed by atoms with Crippen molar-refractivity contribution < 1.29 is 13.2 Å². The molecule has 0 atom stereocenters. The van der Waals surface area contributed by atoms with Gasteiger partial charge in [0.05, 0.1) is 11.9 Å². The molecule has 0 spiro atoms. The first-order chi connectivity index (χ1) is 14.3. The molecule has 0 bridgehead atoms. The maximum Gasteiger partial charge on any atom is 0.241 e. The van der Waals surface area contributed by atoms with Crippen LogP contribution in [0.4, 0.5) is 5.69 Å². The topological polar surface area (TPSA) is 69.7 Å². The maximum atomic E-state index is 12.4. The Kier molecular flexibility index (Phi) is 7.91. The van der Waals surface area contributed by atoms with Crippen molar-refractivity contribution in [1.82, 2.24) is 10.2 Å². The zero-order valence-electron chi connectivity index (χ0n) is 17.2. The number of rotatable bonds is 8. The summed E-state index contributed by atoms with van der Waals surface area (Å²) in [5.74, 6) is -0.349. The van der Waals surface area contributed by atoms with E-state index in [1.165, 1.54) is 24.8 Å². The number of carbonyl (C=O) groups is 1. The molecule has 1 amide bonds. The van der Waals surface area contributed by atoms with Crippen molar-refractivity contribution in [2.24, 2.45) is 0 Å². The van der Waals surface area contributed by atoms with Crippen molar-refractivity contribution in [3.05, 3.63) is 64.1 Å². The van der Waals surface area contributed by atoms with Gasteiger partial charge < -0.3 is 5.32 Å². The average molecular weight is 494 g/mol. The molecule has 2 aromatic rings. The summed E-state index contributed by atoms with van der Waals surface area (Å²) < 4.78 is 26.2. The number of hydrogen-bond acceptors (Lipinski definition) is 4. The van der Waals surface area contributed by atoms with Gasteiger partial charge in [-0.3, -0.25) is 14.0 Å². The lowest BCUT2D eigenvalue weighted by atomic mass is 10.1. The zero-order chi connectivity index (χ0) is 21.6. The van der Waals surface area contributed by atoms with E-state index in [1.807, 2.05) is 12.1 Å². The second kappa shape index (κ2) is 10.4. The fourth-order valence-electron chi connectivity index (χ4n) is 3.56. The SMILES string of the molecule is CS(=O)(=O)N(CC(=O)NCc1ccc(CN2CCCCC2)cc1)c1cccc(Br)c1. The van der Waals surface area contributed by atoms with E-state index in [4.69, 9.17) is 0 Å². The Balaban J connectivity index is 1.55. The second-order valence-electron chi connectivity index (χ2n) is 7.68. The van der Waals surface area contributed by atoms with E-state index in [-0.39, 0.29) is 12.5 Å². The Morgan fingerprint density at radius 1 is 1.07 bits per heavy atom. The summed E-state index contributed by atoms with van der Waals surface area (Å²) in [6.45, 7) is 3.38. The standard InChI is InChI=1S/C22H28BrN3O3S/c1-30(28,29)26(21-7-5-6-20(23)14-21)17-22(27)24-15-18-8-10-19(11-9-18)16-25-12-3-2-4-13-25/h5-11,14H,2-4,12-13,15-17H2,1H3,(H,24,27). The van der Waals surface area contributed by atoms with Crippen LogP contribution in [0.3, 0.4) is 0 Å². The Bertz CT molecular complexity index is 958. The van der Waals surface area contributed by atoms with Crippen LogP contribution in [0.25, 0.3) is 0 Å². The fraction of sp³-hybridized carbons (Fsp3) is 0.409. The summed E-state index contributed by atoms with van der Waals surface area (Å²) >= 11 is 3.34. The van der Waals surface area contributed by atoms with Gasteiger partial charge in [0.25, 0.3) is 0 Å². The molecule has 6 nitrogen and oxygen atoms in total. The molecule has 1 N–H and O–H groups in total. The van der Waals surface area contributed by atoms with Gasteiger partial charge in [-0.2, -0.15) is 0 Å². The van der Waals surface area contributed by atoms with E-state index >= 15 is 0 Å². The first-order valence-electron chi connectivity index (χ1n) is 10.1. The van der Waals surface area contributed by atoms with Gasteiger partial charge in [0, 0.05) is 17.6 Å². The fourth-order valence-corrected chi connectivity index (χ4v) is 4.79. The lowest BCUT2D eigenvalue weighted by Crippen LogP contribution is -2.40. The highest BCUT2D eigenvalue weighted by Crippen LogP contribution is 2.22. The first kappa shape index (κ1) is 22.8. The molecule has 1 fully saturated rings. The van der Waals surface area contributed by atoms with E-state index in [9.17, 15) is 13.2 Å². The minimum absolute atomic E-state index is 0.262. The monoisotopic (exact) mass is 493 g/mol. The summed E-state index contributed by atoms with van der Waals surface area (Å²) in [6.07, 6.45) is 4.97. The van der Waals surface area contributed by atoms with Gasteiger partial charge >= 0.3 is 0 Å². The molecule has 1 aliphatic heterocycles. The van der Waals surface area contributed by atoms with Gasteiger partial charge in [0.15, 0.2) is 0 Å². The predicted octanol–water partition coefficient (Wildman–Crippen LogP) is 3.52. The average Bonchev–Trinajstić information content (AvgIpc) is 2.71. The third kappa shape index (κ3) is 6.82. The number of amides is 1. The van der Waals surface area contributed by atoms with Gasteiger partial charge in [-0.05, 0) is 55.3 Å². The minimum atomic E-state index is -3.59. The maximum absolute atomic E-state index is 12.4. The molecule has 3 rings (SSSR count). The zero-order valence-corrected chi connectivity index (χ0v) is 19.6. The number of piperidine rings is 1. The summed E-state index contributed by atoms with van der Waals surface area (Å²) in [5.41, 5.74) is 2.70. The van der Waals surface area contributed by atoms with Crippen LogP contribution in [0.15, 0.2) is 53.0 Å². The van der Waals surface area contributed by atoms with Gasteiger partial charge in [-0.25, -0.2) is 8.42 Å². The van der Waals surface area contributed by atoms with Crippen molar-refractivity contribution in [3.8, 4) is 0 Å². The Morgan fingerprint density at radius 2 is 1.73 bits per heavy atom. The minimum Gasteiger partial charge on any atom is -0.350 e. The lowest BCUT2D eigenvalue weighted by Gasteiger charge is -2.26. The molecule has 1 heterocycles. The third-order valence-corrected chi connectivity index (χ3v) is 6.79. The van der Waals surface area contributed by atoms with Crippen molar-refractivity contribution in [2.75, 3.05) is 30.2 Å². The van der Waals surface area contributed by atoms with Crippen LogP contribution in [-0.4, -0.2) is 45.1 Å². The van der Waals surface area contributed by atoms with E-state index in [0.717, 1.165) is 40.2 Å². The molecule has 30 heavy (non-hydrogen) atoms. The first-order valence-corrected chi connectivity index (χ1v) is 12.8. The molecular weight excluding hydrogens is 466 g/mol. The third-order valence-electron chi connectivity index (χ3n) is 5.15. The van der Waals surface area contributed by atoms with Gasteiger partial charge in [-0.15, -0.1) is 0 Å². The molecule has 162 valence electrons. The number of anilines is 1. The molecule has 0 saturated carbocycles. The molecule has 2 aromatic carbocycles. The number of halogens is 1. The van der Waals surface area contributed by atoms with Crippen LogP contribution < -0.4 is 9.62 Å². The van der Waals surface area contributed by atoms with Crippen LogP contribution >= 0.6 is 15.9 Å². The Hall–Kier alpha value is -1.90. The van der Waals surface area contributed by atoms with Crippen molar-refractivity contribution in [2.45, 2.75) is 32.4 Å². The number of nitrogens with zero attached hydrogens (tertiary/aromatic N) is 2. The number of likely N-dealkylation sites (tertiary alicyclic amines) is 1. The number of nitrogens with one attached hydrogen (secondary N) is 1. The van der Waals surface area contributed by atoms with E-state index in [1.54, 1.807) is 24.3 Å². The molecule has 8 heteroatoms. The van der Waals surface area contributed by atoms with Crippen molar-refractivity contribution >= 4 is 37.5 Å². The largest absolute Gasteiger partial charge is 0.350 e. The summed E-state index contributed by atoms with van der Waals surface area (Å²) in [5, 5.41) is 2.82. The number of sulfonamides is 1. The molecule has 0 radical (unpaired) electrons. The molecule has 0 unspecified atom stereocenters. The predicted molar refractivity (Wildman–Crippen MR) is 124 cm³/mol. The number of benzene rings is 2. The second-order valence-corrected chi connectivity index (χ2v) is 10.5. The normalized spacial score (nSPS) is 15.0. The number of carbonyl (C=O) groups excluding carboxylic acids is 1. The molecule has 1 saturated heterocycles. The van der Waals surface area contributed by atoms with E-state index < -0.39 is 10.0 Å². The highest BCUT2D eigenvalue weighted by atomic mass is 79.9. The Labute approximate surface area is 187 Å². The highest BCUT2D eigenvalue weighted by Gasteiger charge is 2.21. The lowest BCUT2D eigenvalue weighted by molar-refractivity contribution is -0.119. The van der Waals surface area contributed by atoms with E-state index in [2.05, 4.69) is 38.3 Å². The highest BCUT2D eigenvalue weighted by molar-refractivity contribution is 9.10. The molecule has 0 aromatic heterocycles. The van der Waals surface area contributed by atoms with Gasteiger partial charge in [0.2, 0.25) is 15.9 Å². The molecule has 1 aliphatic rings. The van der Waals surface area contributed by atoms with Crippen LogP contribution in [0, 0.1) is 0 Å². The smallest absolute Gasteiger partial charge is 0.241 e. The van der Waals surface area contributed by atoms with Gasteiger partial charge in [-0.1, -0.05) is 52.7 Å². The van der Waals surface area contributed by atoms with Crippen molar-refractivity contribution in [1.29, 1.82) is 0 Å². The van der Waals surface area contributed by atoms with Crippen LogP contribution in [0.5, 0.6) is 0 Å². The van der Waals surface area contributed by atoms with E-state index in [0.29, 0.717) is 12.2 Å². The summed E-state index contributed by atoms with van der Waals surface area (Å²) in [4.78, 5) is 14.9. The Morgan fingerprint density at radius 3 is 2.37 bits per heavy atom. The quantitative estimate of drug-likeness (QED) is 0.610. The van der Waals surface area contributed by atoms with Crippen LogP contribution in [0.2, 0.25) is 0 Å². The number of hydrogen-bond donors (Lipinski definition) is 1. The molecular formula is C22H28BrN3O3S. The summed E-state index contributed by atoms with van der Waals surface area (Å²) in [6, 6.07) is 15.1. The van der Waals surface area contributed by atoms with Gasteiger partial charge in [0.1, 0.15) is 6.54 Å². The van der Waals surface area contributed by atoms with Crippen LogP contribution in [-0.2, 0) is 27.9 Å². The van der Waals surface area contributed by atoms with Crippen molar-refractivity contribution in [3.63, 3.8) is 0 Å².